The van der Waals surface area contributed by atoms with Crippen molar-refractivity contribution in [3.8, 4) is 0 Å². The van der Waals surface area contributed by atoms with E-state index >= 15 is 0 Å². The maximum absolute atomic E-state index is 13.1. The van der Waals surface area contributed by atoms with Crippen molar-refractivity contribution in [1.29, 1.82) is 0 Å². The first-order valence-electron chi connectivity index (χ1n) is 11.4. The summed E-state index contributed by atoms with van der Waals surface area (Å²) in [6.45, 7) is 5.35. The molecule has 0 aliphatic carbocycles. The van der Waals surface area contributed by atoms with E-state index in [4.69, 9.17) is 0 Å². The Labute approximate surface area is 199 Å². The number of Topliss-reactive ketones (excluding diaryl/α,β-unsaturated/α-hetero) is 1. The molecule has 0 bridgehead atoms. The summed E-state index contributed by atoms with van der Waals surface area (Å²) in [7, 11) is -3.49. The molecule has 0 spiro atoms. The molecule has 0 saturated carbocycles. The third-order valence-electron chi connectivity index (χ3n) is 5.71. The van der Waals surface area contributed by atoms with Crippen LogP contribution in [0.4, 0.5) is 0 Å². The van der Waals surface area contributed by atoms with Crippen molar-refractivity contribution in [3.63, 3.8) is 0 Å². The van der Waals surface area contributed by atoms with Crippen LogP contribution in [0.2, 0.25) is 0 Å². The second kappa shape index (κ2) is 11.0. The minimum Gasteiger partial charge on any atom is -0.344 e. The molecule has 2 heterocycles. The molecule has 2 aromatic rings. The van der Waals surface area contributed by atoms with E-state index in [0.717, 1.165) is 0 Å². The lowest BCUT2D eigenvalue weighted by atomic mass is 10.0. The molecule has 1 aromatic carbocycles. The third kappa shape index (κ3) is 6.35. The Kier molecular flexibility index (Phi) is 8.32. The normalized spacial score (nSPS) is 18.5. The Morgan fingerprint density at radius 1 is 1.21 bits per heavy atom. The number of aromatic nitrogens is 2. The summed E-state index contributed by atoms with van der Waals surface area (Å²) in [5, 5.41) is 5.45. The Morgan fingerprint density at radius 3 is 2.59 bits per heavy atom. The number of amides is 2. The Hall–Kier alpha value is -2.92. The van der Waals surface area contributed by atoms with Gasteiger partial charge < -0.3 is 10.6 Å². The van der Waals surface area contributed by atoms with E-state index in [9.17, 15) is 22.8 Å². The molecule has 184 valence electrons. The highest BCUT2D eigenvalue weighted by Gasteiger charge is 2.33. The van der Waals surface area contributed by atoms with Crippen molar-refractivity contribution in [2.45, 2.75) is 52.1 Å². The zero-order valence-electron chi connectivity index (χ0n) is 19.7. The molecule has 1 saturated heterocycles. The first-order chi connectivity index (χ1) is 16.1. The van der Waals surface area contributed by atoms with Crippen molar-refractivity contribution < 1.29 is 22.8 Å². The standard InChI is InChI=1S/C23H31N5O5S/c1-4-34(32,33)28-11-7-10-18(21(29)14-28)26-22(30)19(12-15(2)3)27-23(31)20-13-24-16-8-5-6-9-17(16)25-20/h5-6,8-9,13,15,18-19H,4,7,10-12,14H2,1-3H3,(H,26,30)(H,27,31)/t18?,19-/m0/s1. The number of ketones is 1. The summed E-state index contributed by atoms with van der Waals surface area (Å²) >= 11 is 0. The Morgan fingerprint density at radius 2 is 1.91 bits per heavy atom. The largest absolute Gasteiger partial charge is 0.344 e. The lowest BCUT2D eigenvalue weighted by Crippen LogP contribution is -2.52. The molecule has 2 amide bonds. The summed E-state index contributed by atoms with van der Waals surface area (Å²) in [4.78, 5) is 47.2. The van der Waals surface area contributed by atoms with Crippen LogP contribution in [-0.4, -0.2) is 71.2 Å². The summed E-state index contributed by atoms with van der Waals surface area (Å²) < 4.78 is 25.5. The van der Waals surface area contributed by atoms with Crippen molar-refractivity contribution >= 4 is 38.7 Å². The van der Waals surface area contributed by atoms with Crippen molar-refractivity contribution in [2.24, 2.45) is 5.92 Å². The highest BCUT2D eigenvalue weighted by molar-refractivity contribution is 7.89. The molecular formula is C23H31N5O5S. The van der Waals surface area contributed by atoms with Crippen LogP contribution in [0.15, 0.2) is 30.5 Å². The molecule has 0 radical (unpaired) electrons. The number of hydrogen-bond acceptors (Lipinski definition) is 7. The highest BCUT2D eigenvalue weighted by Crippen LogP contribution is 2.14. The lowest BCUT2D eigenvalue weighted by Gasteiger charge is -2.23. The molecule has 1 aliphatic heterocycles. The first kappa shape index (κ1) is 25.7. The van der Waals surface area contributed by atoms with Gasteiger partial charge in [0.25, 0.3) is 5.91 Å². The molecule has 11 heteroatoms. The van der Waals surface area contributed by atoms with Crippen molar-refractivity contribution in [2.75, 3.05) is 18.8 Å². The molecule has 2 N–H and O–H groups in total. The fraction of sp³-hybridized carbons (Fsp3) is 0.522. The number of nitrogens with zero attached hydrogens (tertiary/aromatic N) is 3. The lowest BCUT2D eigenvalue weighted by molar-refractivity contribution is -0.129. The number of sulfonamides is 1. The molecule has 3 rings (SSSR count). The molecular weight excluding hydrogens is 458 g/mol. The molecule has 1 aliphatic rings. The van der Waals surface area contributed by atoms with Gasteiger partial charge in [0.2, 0.25) is 15.9 Å². The summed E-state index contributed by atoms with van der Waals surface area (Å²) in [5.41, 5.74) is 1.31. The van der Waals surface area contributed by atoms with Gasteiger partial charge in [-0.1, -0.05) is 26.0 Å². The first-order valence-corrected chi connectivity index (χ1v) is 13.0. The second-order valence-corrected chi connectivity index (χ2v) is 11.1. The minimum atomic E-state index is -3.49. The van der Waals surface area contributed by atoms with Gasteiger partial charge in [-0.05, 0) is 44.2 Å². The zero-order chi connectivity index (χ0) is 24.9. The summed E-state index contributed by atoms with van der Waals surface area (Å²) in [5.74, 6) is -1.38. The fourth-order valence-electron chi connectivity index (χ4n) is 3.84. The van der Waals surface area contributed by atoms with Gasteiger partial charge in [0.15, 0.2) is 5.78 Å². The van der Waals surface area contributed by atoms with Gasteiger partial charge in [0.05, 0.1) is 35.6 Å². The van der Waals surface area contributed by atoms with E-state index in [2.05, 4.69) is 20.6 Å². The van der Waals surface area contributed by atoms with Gasteiger partial charge in [-0.15, -0.1) is 0 Å². The third-order valence-corrected chi connectivity index (χ3v) is 7.53. The number of carbonyl (C=O) groups is 3. The smallest absolute Gasteiger partial charge is 0.272 e. The molecule has 1 aromatic heterocycles. The van der Waals surface area contributed by atoms with Crippen LogP contribution in [0.3, 0.4) is 0 Å². The van der Waals surface area contributed by atoms with Crippen LogP contribution in [0.5, 0.6) is 0 Å². The zero-order valence-corrected chi connectivity index (χ0v) is 20.5. The maximum Gasteiger partial charge on any atom is 0.272 e. The van der Waals surface area contributed by atoms with E-state index in [-0.39, 0.29) is 36.2 Å². The maximum atomic E-state index is 13.1. The van der Waals surface area contributed by atoms with Gasteiger partial charge in [-0.25, -0.2) is 13.4 Å². The molecule has 10 nitrogen and oxygen atoms in total. The van der Waals surface area contributed by atoms with Crippen molar-refractivity contribution in [3.05, 3.63) is 36.2 Å². The van der Waals surface area contributed by atoms with Crippen LogP contribution >= 0.6 is 0 Å². The topological polar surface area (TPSA) is 138 Å². The van der Waals surface area contributed by atoms with Crippen LogP contribution in [0.1, 0.15) is 50.5 Å². The molecule has 1 unspecified atom stereocenters. The number of nitrogens with one attached hydrogen (secondary N) is 2. The molecule has 34 heavy (non-hydrogen) atoms. The van der Waals surface area contributed by atoms with Crippen LogP contribution in [0.25, 0.3) is 11.0 Å². The number of carbonyl (C=O) groups excluding carboxylic acids is 3. The number of para-hydroxylation sites is 2. The Bertz CT molecular complexity index is 1170. The van der Waals surface area contributed by atoms with Gasteiger partial charge in [0, 0.05) is 6.54 Å². The second-order valence-electron chi connectivity index (χ2n) is 8.80. The van der Waals surface area contributed by atoms with Gasteiger partial charge >= 0.3 is 0 Å². The summed E-state index contributed by atoms with van der Waals surface area (Å²) in [6, 6.07) is 5.46. The van der Waals surface area contributed by atoms with Gasteiger partial charge in [-0.3, -0.25) is 19.4 Å². The monoisotopic (exact) mass is 489 g/mol. The number of rotatable bonds is 8. The van der Waals surface area contributed by atoms with E-state index < -0.39 is 33.9 Å². The Balaban J connectivity index is 1.71. The summed E-state index contributed by atoms with van der Waals surface area (Å²) in [6.07, 6.45) is 2.50. The van der Waals surface area contributed by atoms with Crippen LogP contribution < -0.4 is 10.6 Å². The number of fused-ring (bicyclic) bond motifs is 1. The van der Waals surface area contributed by atoms with Gasteiger partial charge in [0.1, 0.15) is 11.7 Å². The van der Waals surface area contributed by atoms with E-state index in [1.165, 1.54) is 17.4 Å². The quantitative estimate of drug-likeness (QED) is 0.569. The average molecular weight is 490 g/mol. The van der Waals surface area contributed by atoms with E-state index in [1.807, 2.05) is 19.9 Å². The minimum absolute atomic E-state index is 0.0858. The van der Waals surface area contributed by atoms with Gasteiger partial charge in [-0.2, -0.15) is 4.31 Å². The number of benzene rings is 1. The van der Waals surface area contributed by atoms with Crippen LogP contribution in [-0.2, 0) is 19.6 Å². The number of hydrogen-bond donors (Lipinski definition) is 2. The SMILES string of the molecule is CCS(=O)(=O)N1CCCC(NC(=O)[C@H](CC(C)C)NC(=O)c2cnc3ccccc3n2)C(=O)C1. The van der Waals surface area contributed by atoms with Crippen LogP contribution in [0, 0.1) is 5.92 Å². The molecule has 2 atom stereocenters. The molecule has 1 fully saturated rings. The predicted octanol–water partition coefficient (Wildman–Crippen LogP) is 1.27. The average Bonchev–Trinajstić information content (AvgIpc) is 2.99. The van der Waals surface area contributed by atoms with E-state index in [0.29, 0.717) is 30.3 Å². The van der Waals surface area contributed by atoms with E-state index in [1.54, 1.807) is 18.2 Å². The predicted molar refractivity (Wildman–Crippen MR) is 127 cm³/mol. The van der Waals surface area contributed by atoms with Crippen molar-refractivity contribution in [1.82, 2.24) is 24.9 Å². The fourth-order valence-corrected chi connectivity index (χ4v) is 4.94. The highest BCUT2D eigenvalue weighted by atomic mass is 32.2.